The van der Waals surface area contributed by atoms with Crippen LogP contribution in [0.1, 0.15) is 20.3 Å². The third-order valence-corrected chi connectivity index (χ3v) is 2.74. The van der Waals surface area contributed by atoms with Crippen LogP contribution in [0.4, 0.5) is 4.79 Å². The summed E-state index contributed by atoms with van der Waals surface area (Å²) in [6.45, 7) is 4.65. The topological polar surface area (TPSA) is 110 Å². The van der Waals surface area contributed by atoms with Crippen molar-refractivity contribution in [2.75, 3.05) is 27.2 Å². The van der Waals surface area contributed by atoms with E-state index in [4.69, 9.17) is 10.2 Å². The molecule has 0 spiro atoms. The monoisotopic (exact) mass is 289 g/mol. The van der Waals surface area contributed by atoms with Crippen molar-refractivity contribution in [3.8, 4) is 0 Å². The van der Waals surface area contributed by atoms with Crippen LogP contribution in [0.25, 0.3) is 0 Å². The highest BCUT2D eigenvalue weighted by Gasteiger charge is 2.27. The first kappa shape index (κ1) is 18.2. The molecule has 8 heteroatoms. The standard InChI is InChI=1S/C12H23N3O5/c1-5-15(8(2)7-14(3)4)12(20)13-9(11(18)19)6-10(16)17/h8-9H,5-7H2,1-4H3,(H,13,20)(H,16,17)(H,18,19). The third-order valence-electron chi connectivity index (χ3n) is 2.74. The van der Waals surface area contributed by atoms with E-state index in [9.17, 15) is 14.4 Å². The summed E-state index contributed by atoms with van der Waals surface area (Å²) in [6.07, 6.45) is -0.652. The fraction of sp³-hybridized carbons (Fsp3) is 0.750. The van der Waals surface area contributed by atoms with Crippen molar-refractivity contribution in [1.29, 1.82) is 0 Å². The molecule has 0 bridgehead atoms. The first-order chi connectivity index (χ1) is 9.18. The van der Waals surface area contributed by atoms with Crippen molar-refractivity contribution in [3.63, 3.8) is 0 Å². The number of aliphatic carboxylic acids is 2. The van der Waals surface area contributed by atoms with Gasteiger partial charge < -0.3 is 25.3 Å². The van der Waals surface area contributed by atoms with Gasteiger partial charge in [-0.25, -0.2) is 9.59 Å². The third kappa shape index (κ3) is 6.37. The molecule has 0 aromatic rings. The summed E-state index contributed by atoms with van der Waals surface area (Å²) in [5.74, 6) is -2.64. The van der Waals surface area contributed by atoms with Gasteiger partial charge in [-0.2, -0.15) is 0 Å². The molecule has 2 atom stereocenters. The maximum Gasteiger partial charge on any atom is 0.326 e. The lowest BCUT2D eigenvalue weighted by atomic mass is 10.2. The van der Waals surface area contributed by atoms with Crippen molar-refractivity contribution in [1.82, 2.24) is 15.1 Å². The second-order valence-electron chi connectivity index (χ2n) is 4.84. The van der Waals surface area contributed by atoms with E-state index in [1.165, 1.54) is 4.90 Å². The summed E-state index contributed by atoms with van der Waals surface area (Å²) in [5, 5.41) is 19.8. The van der Waals surface area contributed by atoms with Gasteiger partial charge in [-0.15, -0.1) is 0 Å². The highest BCUT2D eigenvalue weighted by molar-refractivity contribution is 5.86. The minimum Gasteiger partial charge on any atom is -0.481 e. The number of hydrogen-bond donors (Lipinski definition) is 3. The summed E-state index contributed by atoms with van der Waals surface area (Å²) < 4.78 is 0. The summed E-state index contributed by atoms with van der Waals surface area (Å²) in [5.41, 5.74) is 0. The van der Waals surface area contributed by atoms with Gasteiger partial charge in [0.15, 0.2) is 0 Å². The van der Waals surface area contributed by atoms with E-state index in [0.29, 0.717) is 13.1 Å². The van der Waals surface area contributed by atoms with Crippen LogP contribution in [0.2, 0.25) is 0 Å². The second kappa shape index (κ2) is 8.36. The Hall–Kier alpha value is -1.83. The highest BCUT2D eigenvalue weighted by Crippen LogP contribution is 2.03. The van der Waals surface area contributed by atoms with Gasteiger partial charge in [-0.3, -0.25) is 4.79 Å². The summed E-state index contributed by atoms with van der Waals surface area (Å²) in [7, 11) is 3.74. The molecule has 0 aliphatic carbocycles. The first-order valence-electron chi connectivity index (χ1n) is 6.35. The van der Waals surface area contributed by atoms with E-state index >= 15 is 0 Å². The zero-order chi connectivity index (χ0) is 15.9. The fourth-order valence-electron chi connectivity index (χ4n) is 1.89. The van der Waals surface area contributed by atoms with Crippen molar-refractivity contribution in [2.24, 2.45) is 0 Å². The van der Waals surface area contributed by atoms with Crippen molar-refractivity contribution >= 4 is 18.0 Å². The van der Waals surface area contributed by atoms with Gasteiger partial charge in [0.05, 0.1) is 6.42 Å². The molecule has 2 amide bonds. The predicted octanol–water partition coefficient (Wildman–Crippen LogP) is -0.104. The van der Waals surface area contributed by atoms with Gasteiger partial charge >= 0.3 is 18.0 Å². The lowest BCUT2D eigenvalue weighted by molar-refractivity contribution is -0.145. The second-order valence-corrected chi connectivity index (χ2v) is 4.84. The van der Waals surface area contributed by atoms with E-state index in [1.807, 2.05) is 25.9 Å². The van der Waals surface area contributed by atoms with Crippen LogP contribution in [0.3, 0.4) is 0 Å². The molecule has 0 aliphatic rings. The molecule has 0 rings (SSSR count). The van der Waals surface area contributed by atoms with Crippen molar-refractivity contribution in [2.45, 2.75) is 32.4 Å². The number of carbonyl (C=O) groups excluding carboxylic acids is 1. The Kier molecular flexibility index (Phi) is 7.60. The van der Waals surface area contributed by atoms with Crippen LogP contribution in [-0.4, -0.2) is 77.3 Å². The van der Waals surface area contributed by atoms with Gasteiger partial charge in [-0.05, 0) is 27.9 Å². The van der Waals surface area contributed by atoms with Crippen LogP contribution >= 0.6 is 0 Å². The molecule has 0 heterocycles. The maximum atomic E-state index is 12.0. The predicted molar refractivity (Wildman–Crippen MR) is 72.6 cm³/mol. The number of carboxylic acid groups (broad SMARTS) is 2. The number of rotatable bonds is 8. The summed E-state index contributed by atoms with van der Waals surface area (Å²) >= 11 is 0. The lowest BCUT2D eigenvalue weighted by Gasteiger charge is -2.31. The van der Waals surface area contributed by atoms with E-state index in [0.717, 1.165) is 0 Å². The van der Waals surface area contributed by atoms with E-state index in [2.05, 4.69) is 5.32 Å². The molecule has 2 unspecified atom stereocenters. The minimum atomic E-state index is -1.43. The molecule has 8 nitrogen and oxygen atoms in total. The molecule has 0 aliphatic heterocycles. The largest absolute Gasteiger partial charge is 0.481 e. The van der Waals surface area contributed by atoms with E-state index in [1.54, 1.807) is 6.92 Å². The molecule has 20 heavy (non-hydrogen) atoms. The number of amides is 2. The average Bonchev–Trinajstić information content (AvgIpc) is 2.26. The summed E-state index contributed by atoms with van der Waals surface area (Å²) in [6, 6.07) is -2.12. The van der Waals surface area contributed by atoms with Gasteiger partial charge in [0, 0.05) is 19.1 Å². The Morgan fingerprint density at radius 3 is 2.10 bits per heavy atom. The molecule has 0 saturated carbocycles. The number of carboxylic acids is 2. The quantitative estimate of drug-likeness (QED) is 0.575. The van der Waals surface area contributed by atoms with Crippen LogP contribution < -0.4 is 5.32 Å². The van der Waals surface area contributed by atoms with Crippen molar-refractivity contribution in [3.05, 3.63) is 0 Å². The molecule has 0 saturated heterocycles. The Labute approximate surface area is 118 Å². The molecule has 0 aromatic heterocycles. The molecule has 3 N–H and O–H groups in total. The SMILES string of the molecule is CCN(C(=O)NC(CC(=O)O)C(=O)O)C(C)CN(C)C. The van der Waals surface area contributed by atoms with Gasteiger partial charge in [-0.1, -0.05) is 0 Å². The Bertz CT molecular complexity index is 359. The van der Waals surface area contributed by atoms with Crippen LogP contribution in [0.15, 0.2) is 0 Å². The molecule has 0 fully saturated rings. The van der Waals surface area contributed by atoms with E-state index < -0.39 is 30.4 Å². The molecular formula is C12H23N3O5. The number of hydrogen-bond acceptors (Lipinski definition) is 4. The highest BCUT2D eigenvalue weighted by atomic mass is 16.4. The zero-order valence-corrected chi connectivity index (χ0v) is 12.3. The zero-order valence-electron chi connectivity index (χ0n) is 12.3. The normalized spacial score (nSPS) is 13.7. The van der Waals surface area contributed by atoms with Gasteiger partial charge in [0.25, 0.3) is 0 Å². The molecule has 0 aromatic carbocycles. The number of likely N-dealkylation sites (N-methyl/N-ethyl adjacent to an activating group) is 2. The van der Waals surface area contributed by atoms with E-state index in [-0.39, 0.29) is 6.04 Å². The average molecular weight is 289 g/mol. The number of urea groups is 1. The Morgan fingerprint density at radius 1 is 1.20 bits per heavy atom. The maximum absolute atomic E-state index is 12.0. The van der Waals surface area contributed by atoms with Crippen LogP contribution in [0, 0.1) is 0 Å². The Morgan fingerprint density at radius 2 is 1.75 bits per heavy atom. The van der Waals surface area contributed by atoms with Crippen molar-refractivity contribution < 1.29 is 24.6 Å². The summed E-state index contributed by atoms with van der Waals surface area (Å²) in [4.78, 5) is 36.9. The van der Waals surface area contributed by atoms with Gasteiger partial charge in [0.2, 0.25) is 0 Å². The molecular weight excluding hydrogens is 266 g/mol. The van der Waals surface area contributed by atoms with Gasteiger partial charge in [0.1, 0.15) is 6.04 Å². The Balaban J connectivity index is 4.74. The van der Waals surface area contributed by atoms with Crippen LogP contribution in [-0.2, 0) is 9.59 Å². The number of carbonyl (C=O) groups is 3. The lowest BCUT2D eigenvalue weighted by Crippen LogP contribution is -2.53. The first-order valence-corrected chi connectivity index (χ1v) is 6.35. The smallest absolute Gasteiger partial charge is 0.326 e. The molecule has 0 radical (unpaired) electrons. The van der Waals surface area contributed by atoms with Crippen LogP contribution in [0.5, 0.6) is 0 Å². The fourth-order valence-corrected chi connectivity index (χ4v) is 1.89. The molecule has 116 valence electrons. The number of nitrogens with one attached hydrogen (secondary N) is 1. The number of nitrogens with zero attached hydrogens (tertiary/aromatic N) is 2. The minimum absolute atomic E-state index is 0.116.